The number of amides is 1. The first-order chi connectivity index (χ1) is 13.9. The first-order valence-corrected chi connectivity index (χ1v) is 10.7. The zero-order valence-electron chi connectivity index (χ0n) is 15.5. The zero-order chi connectivity index (χ0) is 20.5. The second kappa shape index (κ2) is 8.22. The molecule has 148 valence electrons. The number of aromatic amines is 1. The van der Waals surface area contributed by atoms with Gasteiger partial charge < -0.3 is 10.3 Å². The summed E-state index contributed by atoms with van der Waals surface area (Å²) in [5.41, 5.74) is 2.97. The fourth-order valence-corrected chi connectivity index (χ4v) is 5.03. The minimum absolute atomic E-state index is 0.0803. The summed E-state index contributed by atoms with van der Waals surface area (Å²) in [5.74, 6) is 0.138. The van der Waals surface area contributed by atoms with Crippen LogP contribution in [0.25, 0.3) is 0 Å². The maximum atomic E-state index is 12.9. The van der Waals surface area contributed by atoms with Crippen molar-refractivity contribution in [3.05, 3.63) is 85.1 Å². The lowest BCUT2D eigenvalue weighted by Gasteiger charge is -2.25. The molecule has 5 nitrogen and oxygen atoms in total. The maximum Gasteiger partial charge on any atom is 0.257 e. The predicted molar refractivity (Wildman–Crippen MR) is 117 cm³/mol. The molecule has 0 aliphatic carbocycles. The molecule has 0 fully saturated rings. The Balaban J connectivity index is 1.71. The minimum atomic E-state index is -0.549. The fraction of sp³-hybridized carbons (Fsp3) is 0.190. The third-order valence-corrected chi connectivity index (χ3v) is 6.48. The number of nitrogens with zero attached hydrogens (tertiary/aromatic N) is 1. The quantitative estimate of drug-likeness (QED) is 0.429. The van der Waals surface area contributed by atoms with Gasteiger partial charge in [0.05, 0.1) is 5.56 Å². The van der Waals surface area contributed by atoms with E-state index in [1.807, 2.05) is 31.2 Å². The fourth-order valence-electron chi connectivity index (χ4n) is 3.43. The van der Waals surface area contributed by atoms with Gasteiger partial charge in [-0.3, -0.25) is 9.59 Å². The molecular weight excluding hydrogens is 429 g/mol. The Hall–Kier alpha value is -2.28. The number of H-pyrrole nitrogens is 1. The summed E-state index contributed by atoms with van der Waals surface area (Å²) in [6, 6.07) is 13.2. The first-order valence-electron chi connectivity index (χ1n) is 8.99. The Morgan fingerprint density at radius 3 is 2.52 bits per heavy atom. The number of halogens is 2. The van der Waals surface area contributed by atoms with Crippen molar-refractivity contribution in [1.82, 2.24) is 9.97 Å². The summed E-state index contributed by atoms with van der Waals surface area (Å²) in [6.07, 6.45) is 0.0803. The maximum absolute atomic E-state index is 12.9. The zero-order valence-corrected chi connectivity index (χ0v) is 17.8. The van der Waals surface area contributed by atoms with Crippen LogP contribution in [0.5, 0.6) is 0 Å². The van der Waals surface area contributed by atoms with Gasteiger partial charge in [-0.15, -0.1) is 0 Å². The van der Waals surface area contributed by atoms with Crippen molar-refractivity contribution in [2.45, 2.75) is 30.2 Å². The predicted octanol–water partition coefficient (Wildman–Crippen LogP) is 5.15. The van der Waals surface area contributed by atoms with Gasteiger partial charge in [0.15, 0.2) is 5.16 Å². The monoisotopic (exact) mass is 445 g/mol. The smallest absolute Gasteiger partial charge is 0.257 e. The number of aryl methyl sites for hydroxylation is 1. The molecule has 0 radical (unpaired) electrons. The number of anilines is 1. The van der Waals surface area contributed by atoms with Gasteiger partial charge in [0, 0.05) is 28.1 Å². The molecule has 2 heterocycles. The lowest BCUT2D eigenvalue weighted by atomic mass is 9.87. The SMILES string of the molecule is Cc1ccccc1CSc1nc2c(c(=O)[nH]1)C(c1c(Cl)cccc1Cl)CC(=O)N2. The second-order valence-corrected chi connectivity index (χ2v) is 8.57. The molecule has 3 aromatic rings. The number of hydrogen-bond acceptors (Lipinski definition) is 4. The molecule has 1 aliphatic heterocycles. The van der Waals surface area contributed by atoms with Crippen LogP contribution in [-0.2, 0) is 10.5 Å². The largest absolute Gasteiger partial charge is 0.310 e. The average Bonchev–Trinajstić information content (AvgIpc) is 2.66. The Kier molecular flexibility index (Phi) is 5.67. The van der Waals surface area contributed by atoms with Crippen molar-refractivity contribution in [3.63, 3.8) is 0 Å². The van der Waals surface area contributed by atoms with E-state index >= 15 is 0 Å². The highest BCUT2D eigenvalue weighted by Gasteiger charge is 2.33. The molecule has 0 saturated carbocycles. The van der Waals surface area contributed by atoms with E-state index < -0.39 is 5.92 Å². The van der Waals surface area contributed by atoms with Crippen molar-refractivity contribution in [3.8, 4) is 0 Å². The van der Waals surface area contributed by atoms with Gasteiger partial charge in [-0.1, -0.05) is 65.3 Å². The molecule has 0 spiro atoms. The molecule has 1 aliphatic rings. The minimum Gasteiger partial charge on any atom is -0.310 e. The van der Waals surface area contributed by atoms with Crippen molar-refractivity contribution in [1.29, 1.82) is 0 Å². The molecule has 2 N–H and O–H groups in total. The van der Waals surface area contributed by atoms with Gasteiger partial charge in [-0.2, -0.15) is 0 Å². The van der Waals surface area contributed by atoms with E-state index in [1.165, 1.54) is 17.3 Å². The molecular formula is C21H17Cl2N3O2S. The number of nitrogens with one attached hydrogen (secondary N) is 2. The standard InChI is InChI=1S/C21H17Cl2N3O2S/c1-11-5-2-3-6-12(11)10-29-21-25-19-18(20(28)26-21)13(9-16(27)24-19)17-14(22)7-4-8-15(17)23/h2-8,13H,9-10H2,1H3,(H2,24,25,26,27,28). The van der Waals surface area contributed by atoms with E-state index in [0.717, 1.165) is 5.56 Å². The highest BCUT2D eigenvalue weighted by molar-refractivity contribution is 7.98. The lowest BCUT2D eigenvalue weighted by molar-refractivity contribution is -0.116. The molecule has 1 amide bonds. The van der Waals surface area contributed by atoms with Crippen LogP contribution in [0.3, 0.4) is 0 Å². The molecule has 1 unspecified atom stereocenters. The van der Waals surface area contributed by atoms with E-state index in [4.69, 9.17) is 23.2 Å². The third kappa shape index (κ3) is 4.06. The van der Waals surface area contributed by atoms with Crippen LogP contribution in [0.4, 0.5) is 5.82 Å². The normalized spacial score (nSPS) is 15.7. The van der Waals surface area contributed by atoms with E-state index in [1.54, 1.807) is 18.2 Å². The average molecular weight is 446 g/mol. The molecule has 8 heteroatoms. The van der Waals surface area contributed by atoms with Crippen LogP contribution < -0.4 is 10.9 Å². The molecule has 0 saturated heterocycles. The van der Waals surface area contributed by atoms with Crippen molar-refractivity contribution < 1.29 is 4.79 Å². The molecule has 1 atom stereocenters. The van der Waals surface area contributed by atoms with Gasteiger partial charge in [0.2, 0.25) is 5.91 Å². The summed E-state index contributed by atoms with van der Waals surface area (Å²) < 4.78 is 0. The Bertz CT molecular complexity index is 1140. The number of benzene rings is 2. The number of carbonyl (C=O) groups is 1. The van der Waals surface area contributed by atoms with Crippen LogP contribution in [0.15, 0.2) is 52.4 Å². The number of aromatic nitrogens is 2. The van der Waals surface area contributed by atoms with Crippen molar-refractivity contribution in [2.75, 3.05) is 5.32 Å². The molecule has 4 rings (SSSR count). The summed E-state index contributed by atoms with van der Waals surface area (Å²) in [7, 11) is 0. The Morgan fingerprint density at radius 1 is 1.07 bits per heavy atom. The highest BCUT2D eigenvalue weighted by atomic mass is 35.5. The summed E-state index contributed by atoms with van der Waals surface area (Å²) >= 11 is 14.1. The Morgan fingerprint density at radius 2 is 1.79 bits per heavy atom. The van der Waals surface area contributed by atoms with Gasteiger partial charge in [0.1, 0.15) is 5.82 Å². The number of carbonyl (C=O) groups excluding carboxylic acids is 1. The summed E-state index contributed by atoms with van der Waals surface area (Å²) in [6.45, 7) is 2.04. The van der Waals surface area contributed by atoms with Crippen LogP contribution in [-0.4, -0.2) is 15.9 Å². The third-order valence-electron chi connectivity index (χ3n) is 4.90. The van der Waals surface area contributed by atoms with Crippen LogP contribution in [0.1, 0.15) is 34.6 Å². The molecule has 0 bridgehead atoms. The summed E-state index contributed by atoms with van der Waals surface area (Å²) in [4.78, 5) is 32.6. The summed E-state index contributed by atoms with van der Waals surface area (Å²) in [5, 5.41) is 4.00. The topological polar surface area (TPSA) is 74.8 Å². The molecule has 29 heavy (non-hydrogen) atoms. The van der Waals surface area contributed by atoms with E-state index in [-0.39, 0.29) is 23.7 Å². The van der Waals surface area contributed by atoms with E-state index in [0.29, 0.717) is 32.1 Å². The molecule has 1 aromatic heterocycles. The second-order valence-electron chi connectivity index (χ2n) is 6.79. The van der Waals surface area contributed by atoms with Crippen LogP contribution >= 0.6 is 35.0 Å². The van der Waals surface area contributed by atoms with Gasteiger partial charge in [0.25, 0.3) is 5.56 Å². The van der Waals surface area contributed by atoms with Crippen LogP contribution in [0, 0.1) is 6.92 Å². The van der Waals surface area contributed by atoms with Crippen molar-refractivity contribution >= 4 is 46.7 Å². The highest BCUT2D eigenvalue weighted by Crippen LogP contribution is 2.41. The van der Waals surface area contributed by atoms with E-state index in [2.05, 4.69) is 15.3 Å². The van der Waals surface area contributed by atoms with Gasteiger partial charge >= 0.3 is 0 Å². The van der Waals surface area contributed by atoms with Gasteiger partial charge in [-0.05, 0) is 35.7 Å². The Labute approximate surface area is 181 Å². The first kappa shape index (κ1) is 20.0. The number of hydrogen-bond donors (Lipinski definition) is 2. The number of rotatable bonds is 4. The number of fused-ring (bicyclic) bond motifs is 1. The number of thioether (sulfide) groups is 1. The van der Waals surface area contributed by atoms with Crippen molar-refractivity contribution in [2.24, 2.45) is 0 Å². The van der Waals surface area contributed by atoms with Crippen LogP contribution in [0.2, 0.25) is 10.0 Å². The van der Waals surface area contributed by atoms with E-state index in [9.17, 15) is 9.59 Å². The molecule has 2 aromatic carbocycles. The lowest BCUT2D eigenvalue weighted by Crippen LogP contribution is -2.31. The van der Waals surface area contributed by atoms with Gasteiger partial charge in [-0.25, -0.2) is 4.98 Å².